The third kappa shape index (κ3) is 1.08. The maximum atomic E-state index is 9.12. The molecule has 0 unspecified atom stereocenters. The van der Waals surface area contributed by atoms with Gasteiger partial charge in [-0.05, 0) is 31.8 Å². The molecule has 3 saturated heterocycles. The van der Waals surface area contributed by atoms with Crippen LogP contribution >= 0.6 is 0 Å². The molecule has 3 aliphatic heterocycles. The quantitative estimate of drug-likeness (QED) is 0.533. The SMILES string of the molecule is N[C@@]1(CO)CN2CCC1CC2. The van der Waals surface area contributed by atoms with Crippen LogP contribution in [0, 0.1) is 5.92 Å². The maximum Gasteiger partial charge on any atom is 0.0626 e. The Morgan fingerprint density at radius 3 is 2.36 bits per heavy atom. The Kier molecular flexibility index (Phi) is 1.67. The van der Waals surface area contributed by atoms with Crippen molar-refractivity contribution in [1.29, 1.82) is 0 Å². The van der Waals surface area contributed by atoms with Gasteiger partial charge in [0.1, 0.15) is 0 Å². The van der Waals surface area contributed by atoms with E-state index in [4.69, 9.17) is 10.8 Å². The predicted octanol–water partition coefficient (Wildman–Crippen LogP) is -0.598. The second-order valence-electron chi connectivity index (χ2n) is 3.94. The van der Waals surface area contributed by atoms with Gasteiger partial charge in [0, 0.05) is 6.54 Å². The Labute approximate surface area is 67.2 Å². The summed E-state index contributed by atoms with van der Waals surface area (Å²) in [5, 5.41) is 9.12. The number of aliphatic hydroxyl groups is 1. The summed E-state index contributed by atoms with van der Waals surface area (Å²) in [5.74, 6) is 0.567. The molecule has 2 bridgehead atoms. The molecule has 0 saturated carbocycles. The van der Waals surface area contributed by atoms with E-state index >= 15 is 0 Å². The van der Waals surface area contributed by atoms with Crippen LogP contribution in [-0.2, 0) is 0 Å². The fourth-order valence-corrected chi connectivity index (χ4v) is 2.39. The lowest BCUT2D eigenvalue weighted by atomic mass is 9.74. The van der Waals surface area contributed by atoms with Gasteiger partial charge in [0.25, 0.3) is 0 Å². The first kappa shape index (κ1) is 7.53. The summed E-state index contributed by atoms with van der Waals surface area (Å²) in [7, 11) is 0. The number of aliphatic hydroxyl groups excluding tert-OH is 1. The molecule has 3 N–H and O–H groups in total. The minimum Gasteiger partial charge on any atom is -0.394 e. The molecule has 3 nitrogen and oxygen atoms in total. The highest BCUT2D eigenvalue weighted by atomic mass is 16.3. The van der Waals surface area contributed by atoms with Crippen molar-refractivity contribution in [2.75, 3.05) is 26.2 Å². The van der Waals surface area contributed by atoms with Crippen LogP contribution in [0.1, 0.15) is 12.8 Å². The first-order valence-corrected chi connectivity index (χ1v) is 4.37. The maximum absolute atomic E-state index is 9.12. The minimum atomic E-state index is -0.281. The van der Waals surface area contributed by atoms with Crippen LogP contribution in [0.5, 0.6) is 0 Å². The molecule has 0 spiro atoms. The van der Waals surface area contributed by atoms with E-state index in [1.807, 2.05) is 0 Å². The lowest BCUT2D eigenvalue weighted by Gasteiger charge is -2.50. The highest BCUT2D eigenvalue weighted by Gasteiger charge is 2.43. The van der Waals surface area contributed by atoms with Gasteiger partial charge in [-0.25, -0.2) is 0 Å². The summed E-state index contributed by atoms with van der Waals surface area (Å²) in [4.78, 5) is 2.36. The van der Waals surface area contributed by atoms with Crippen LogP contribution in [0.15, 0.2) is 0 Å². The average Bonchev–Trinajstić information content (AvgIpc) is 2.06. The van der Waals surface area contributed by atoms with Crippen LogP contribution < -0.4 is 5.73 Å². The van der Waals surface area contributed by atoms with Crippen LogP contribution in [0.4, 0.5) is 0 Å². The number of rotatable bonds is 1. The van der Waals surface area contributed by atoms with Gasteiger partial charge in [-0.2, -0.15) is 0 Å². The highest BCUT2D eigenvalue weighted by molar-refractivity contribution is 5.01. The molecular weight excluding hydrogens is 140 g/mol. The normalized spacial score (nSPS) is 49.6. The van der Waals surface area contributed by atoms with Gasteiger partial charge in [-0.15, -0.1) is 0 Å². The van der Waals surface area contributed by atoms with Crippen molar-refractivity contribution in [2.24, 2.45) is 11.7 Å². The molecule has 64 valence electrons. The van der Waals surface area contributed by atoms with Crippen molar-refractivity contribution in [3.63, 3.8) is 0 Å². The lowest BCUT2D eigenvalue weighted by molar-refractivity contribution is -0.00274. The zero-order chi connectivity index (χ0) is 7.90. The number of nitrogens with two attached hydrogens (primary N) is 1. The first-order chi connectivity index (χ1) is 5.24. The van der Waals surface area contributed by atoms with Crippen molar-refractivity contribution in [3.05, 3.63) is 0 Å². The molecule has 0 aliphatic carbocycles. The fraction of sp³-hybridized carbons (Fsp3) is 1.00. The fourth-order valence-electron chi connectivity index (χ4n) is 2.39. The largest absolute Gasteiger partial charge is 0.394 e. The van der Waals surface area contributed by atoms with Gasteiger partial charge in [-0.1, -0.05) is 0 Å². The van der Waals surface area contributed by atoms with Crippen LogP contribution in [0.2, 0.25) is 0 Å². The monoisotopic (exact) mass is 156 g/mol. The Hall–Kier alpha value is -0.120. The number of fused-ring (bicyclic) bond motifs is 3. The van der Waals surface area contributed by atoms with Crippen molar-refractivity contribution < 1.29 is 5.11 Å². The second kappa shape index (κ2) is 2.44. The second-order valence-corrected chi connectivity index (χ2v) is 3.94. The first-order valence-electron chi connectivity index (χ1n) is 4.37. The molecule has 0 aromatic carbocycles. The predicted molar refractivity (Wildman–Crippen MR) is 43.2 cm³/mol. The number of nitrogens with zero attached hydrogens (tertiary/aromatic N) is 1. The molecule has 0 amide bonds. The van der Waals surface area contributed by atoms with Gasteiger partial charge < -0.3 is 15.7 Å². The zero-order valence-electron chi connectivity index (χ0n) is 6.79. The van der Waals surface area contributed by atoms with Gasteiger partial charge in [-0.3, -0.25) is 0 Å². The minimum absolute atomic E-state index is 0.147. The zero-order valence-corrected chi connectivity index (χ0v) is 6.79. The molecule has 0 aromatic heterocycles. The van der Waals surface area contributed by atoms with Crippen molar-refractivity contribution in [1.82, 2.24) is 4.90 Å². The molecule has 3 heteroatoms. The molecule has 0 radical (unpaired) electrons. The number of piperidine rings is 3. The van der Waals surface area contributed by atoms with Gasteiger partial charge >= 0.3 is 0 Å². The summed E-state index contributed by atoms with van der Waals surface area (Å²) < 4.78 is 0. The number of hydrogen-bond acceptors (Lipinski definition) is 3. The molecule has 3 rings (SSSR count). The van der Waals surface area contributed by atoms with Crippen molar-refractivity contribution >= 4 is 0 Å². The summed E-state index contributed by atoms with van der Waals surface area (Å²) in [5.41, 5.74) is 5.77. The van der Waals surface area contributed by atoms with Crippen LogP contribution in [0.3, 0.4) is 0 Å². The van der Waals surface area contributed by atoms with E-state index in [0.29, 0.717) is 5.92 Å². The Morgan fingerprint density at radius 2 is 2.09 bits per heavy atom. The van der Waals surface area contributed by atoms with E-state index < -0.39 is 0 Å². The third-order valence-corrected chi connectivity index (χ3v) is 3.21. The van der Waals surface area contributed by atoms with E-state index in [1.165, 1.54) is 25.9 Å². The molecule has 3 aliphatic rings. The van der Waals surface area contributed by atoms with E-state index in [-0.39, 0.29) is 12.1 Å². The van der Waals surface area contributed by atoms with E-state index in [9.17, 15) is 0 Å². The summed E-state index contributed by atoms with van der Waals surface area (Å²) in [6.07, 6.45) is 2.36. The standard InChI is InChI=1S/C8H16N2O/c9-8(6-11)5-10-3-1-7(8)2-4-10/h7,11H,1-6,9H2/t8-/m1/s1. The molecule has 0 aromatic rings. The van der Waals surface area contributed by atoms with Gasteiger partial charge in [0.15, 0.2) is 0 Å². The summed E-state index contributed by atoms with van der Waals surface area (Å²) >= 11 is 0. The summed E-state index contributed by atoms with van der Waals surface area (Å²) in [6, 6.07) is 0. The van der Waals surface area contributed by atoms with Gasteiger partial charge in [0.05, 0.1) is 12.1 Å². The topological polar surface area (TPSA) is 49.5 Å². The van der Waals surface area contributed by atoms with Crippen molar-refractivity contribution in [3.8, 4) is 0 Å². The molecular formula is C8H16N2O. The smallest absolute Gasteiger partial charge is 0.0626 e. The molecule has 11 heavy (non-hydrogen) atoms. The average molecular weight is 156 g/mol. The van der Waals surface area contributed by atoms with E-state index in [1.54, 1.807) is 0 Å². The van der Waals surface area contributed by atoms with E-state index in [2.05, 4.69) is 4.90 Å². The number of hydrogen-bond donors (Lipinski definition) is 2. The highest BCUT2D eigenvalue weighted by Crippen LogP contribution is 2.33. The summed E-state index contributed by atoms with van der Waals surface area (Å²) in [6.45, 7) is 3.41. The Balaban J connectivity index is 2.13. The molecule has 3 heterocycles. The van der Waals surface area contributed by atoms with Crippen LogP contribution in [-0.4, -0.2) is 41.8 Å². The Morgan fingerprint density at radius 1 is 1.45 bits per heavy atom. The lowest BCUT2D eigenvalue weighted by Crippen LogP contribution is -2.65. The molecule has 1 atom stereocenters. The van der Waals surface area contributed by atoms with E-state index in [0.717, 1.165) is 6.54 Å². The van der Waals surface area contributed by atoms with Crippen LogP contribution in [0.25, 0.3) is 0 Å². The third-order valence-electron chi connectivity index (χ3n) is 3.21. The Bertz CT molecular complexity index is 154. The van der Waals surface area contributed by atoms with Gasteiger partial charge in [0.2, 0.25) is 0 Å². The molecule has 3 fully saturated rings. The van der Waals surface area contributed by atoms with Crippen molar-refractivity contribution in [2.45, 2.75) is 18.4 Å².